The summed E-state index contributed by atoms with van der Waals surface area (Å²) in [6, 6.07) is 1.08. The van der Waals surface area contributed by atoms with Crippen molar-refractivity contribution < 1.29 is 14.8 Å². The van der Waals surface area contributed by atoms with Gasteiger partial charge in [-0.15, -0.1) is 0 Å². The summed E-state index contributed by atoms with van der Waals surface area (Å²) < 4.78 is 0. The van der Waals surface area contributed by atoms with Gasteiger partial charge in [0.1, 0.15) is 17.6 Å². The van der Waals surface area contributed by atoms with Crippen molar-refractivity contribution in [2.45, 2.75) is 18.6 Å². The molecule has 1 saturated heterocycles. The highest BCUT2D eigenvalue weighted by Crippen LogP contribution is 2.28. The number of nitro groups is 1. The predicted molar refractivity (Wildman–Crippen MR) is 76.6 cm³/mol. The summed E-state index contributed by atoms with van der Waals surface area (Å²) in [6.07, 6.45) is 2.11. The van der Waals surface area contributed by atoms with E-state index in [9.17, 15) is 20.0 Å². The Hall–Kier alpha value is -1.83. The normalized spacial score (nSPS) is 18.9. The number of nitrogens with zero attached hydrogens (tertiary/aromatic N) is 3. The van der Waals surface area contributed by atoms with Crippen molar-refractivity contribution in [2.75, 3.05) is 23.7 Å². The first-order valence-corrected chi connectivity index (χ1v) is 7.32. The molecule has 1 N–H and O–H groups in total. The Balaban J connectivity index is 2.35. The van der Waals surface area contributed by atoms with E-state index in [4.69, 9.17) is 0 Å². The summed E-state index contributed by atoms with van der Waals surface area (Å²) in [6.45, 7) is 3.50. The van der Waals surface area contributed by atoms with Gasteiger partial charge in [0.15, 0.2) is 0 Å². The van der Waals surface area contributed by atoms with Gasteiger partial charge in [0.2, 0.25) is 0 Å². The standard InChI is InChI=1S/C12H15N3O4S/c1-2-9-7-14(3-4-20-9)11-10(12(16)17)5-8(6-13-11)15(18)19/h5-6,9H,2-4,7H2,1H3,(H,16,17). The molecule has 0 saturated carbocycles. The molecule has 1 aromatic heterocycles. The third-order valence-corrected chi connectivity index (χ3v) is 4.56. The van der Waals surface area contributed by atoms with E-state index >= 15 is 0 Å². The molecule has 1 aromatic rings. The molecule has 0 aromatic carbocycles. The number of anilines is 1. The van der Waals surface area contributed by atoms with E-state index < -0.39 is 10.9 Å². The average Bonchev–Trinajstić information content (AvgIpc) is 2.46. The van der Waals surface area contributed by atoms with E-state index in [0.717, 1.165) is 24.4 Å². The maximum absolute atomic E-state index is 11.3. The second-order valence-electron chi connectivity index (χ2n) is 4.47. The third-order valence-electron chi connectivity index (χ3n) is 3.19. The molecule has 0 bridgehead atoms. The second-order valence-corrected chi connectivity index (χ2v) is 5.88. The maximum atomic E-state index is 11.3. The average molecular weight is 297 g/mol. The molecule has 2 heterocycles. The van der Waals surface area contributed by atoms with E-state index in [0.29, 0.717) is 24.2 Å². The number of carboxylic acid groups (broad SMARTS) is 1. The van der Waals surface area contributed by atoms with Crippen LogP contribution >= 0.6 is 11.8 Å². The van der Waals surface area contributed by atoms with E-state index in [1.807, 2.05) is 16.7 Å². The SMILES string of the molecule is CCC1CN(c2ncc([N+](=O)[O-])cc2C(=O)O)CCS1. The van der Waals surface area contributed by atoms with E-state index in [-0.39, 0.29) is 11.3 Å². The first-order chi connectivity index (χ1) is 9.52. The Morgan fingerprint density at radius 3 is 3.05 bits per heavy atom. The van der Waals surface area contributed by atoms with Gasteiger partial charge < -0.3 is 10.0 Å². The van der Waals surface area contributed by atoms with Crippen LogP contribution in [-0.2, 0) is 0 Å². The van der Waals surface area contributed by atoms with Gasteiger partial charge in [-0.2, -0.15) is 11.8 Å². The number of carbonyl (C=O) groups is 1. The first kappa shape index (κ1) is 14.6. The Labute approximate surface area is 120 Å². The molecule has 7 nitrogen and oxygen atoms in total. The van der Waals surface area contributed by atoms with Crippen LogP contribution in [0.2, 0.25) is 0 Å². The highest BCUT2D eigenvalue weighted by atomic mass is 32.2. The fraction of sp³-hybridized carbons (Fsp3) is 0.500. The summed E-state index contributed by atoms with van der Waals surface area (Å²) in [4.78, 5) is 27.3. The molecule has 1 atom stereocenters. The van der Waals surface area contributed by atoms with E-state index in [2.05, 4.69) is 11.9 Å². The van der Waals surface area contributed by atoms with Gasteiger partial charge in [-0.25, -0.2) is 9.78 Å². The second kappa shape index (κ2) is 6.08. The molecule has 2 rings (SSSR count). The summed E-state index contributed by atoms with van der Waals surface area (Å²) in [5.74, 6) is 0.0280. The highest BCUT2D eigenvalue weighted by Gasteiger charge is 2.26. The number of rotatable bonds is 4. The predicted octanol–water partition coefficient (Wildman–Crippen LogP) is 2.02. The van der Waals surface area contributed by atoms with Gasteiger partial charge in [-0.3, -0.25) is 10.1 Å². The van der Waals surface area contributed by atoms with Crippen molar-refractivity contribution in [1.82, 2.24) is 4.98 Å². The summed E-state index contributed by atoms with van der Waals surface area (Å²) in [5.41, 5.74) is -0.412. The van der Waals surface area contributed by atoms with E-state index in [1.165, 1.54) is 0 Å². The number of aromatic nitrogens is 1. The molecule has 1 aliphatic rings. The van der Waals surface area contributed by atoms with Crippen LogP contribution in [0.3, 0.4) is 0 Å². The number of thioether (sulfide) groups is 1. The highest BCUT2D eigenvalue weighted by molar-refractivity contribution is 8.00. The van der Waals surface area contributed by atoms with Gasteiger partial charge in [-0.1, -0.05) is 6.92 Å². The number of aromatic carboxylic acids is 1. The van der Waals surface area contributed by atoms with Crippen LogP contribution in [0.4, 0.5) is 11.5 Å². The summed E-state index contributed by atoms with van der Waals surface area (Å²) >= 11 is 1.86. The minimum atomic E-state index is -1.19. The van der Waals surface area contributed by atoms with Crippen LogP contribution in [0.25, 0.3) is 0 Å². The van der Waals surface area contributed by atoms with Crippen molar-refractivity contribution in [3.8, 4) is 0 Å². The molecular weight excluding hydrogens is 282 g/mol. The Morgan fingerprint density at radius 1 is 1.70 bits per heavy atom. The lowest BCUT2D eigenvalue weighted by Gasteiger charge is -2.33. The molecule has 0 spiro atoms. The van der Waals surface area contributed by atoms with Gasteiger partial charge in [0.05, 0.1) is 4.92 Å². The lowest BCUT2D eigenvalue weighted by Crippen LogP contribution is -2.39. The van der Waals surface area contributed by atoms with Crippen molar-refractivity contribution >= 4 is 29.2 Å². The lowest BCUT2D eigenvalue weighted by molar-refractivity contribution is -0.385. The molecule has 8 heteroatoms. The van der Waals surface area contributed by atoms with Crippen molar-refractivity contribution in [3.63, 3.8) is 0 Å². The number of hydrogen-bond donors (Lipinski definition) is 1. The van der Waals surface area contributed by atoms with Gasteiger partial charge in [0.25, 0.3) is 5.69 Å². The summed E-state index contributed by atoms with van der Waals surface area (Å²) in [5, 5.41) is 20.4. The van der Waals surface area contributed by atoms with Crippen LogP contribution in [0.5, 0.6) is 0 Å². The first-order valence-electron chi connectivity index (χ1n) is 6.27. The molecule has 1 unspecified atom stereocenters. The topological polar surface area (TPSA) is 96.6 Å². The zero-order valence-electron chi connectivity index (χ0n) is 11.0. The van der Waals surface area contributed by atoms with Gasteiger partial charge in [0, 0.05) is 30.2 Å². The van der Waals surface area contributed by atoms with Crippen LogP contribution < -0.4 is 4.90 Å². The van der Waals surface area contributed by atoms with E-state index in [1.54, 1.807) is 0 Å². The Morgan fingerprint density at radius 2 is 2.45 bits per heavy atom. The fourth-order valence-corrected chi connectivity index (χ4v) is 3.29. The molecule has 20 heavy (non-hydrogen) atoms. The van der Waals surface area contributed by atoms with Crippen LogP contribution in [0.1, 0.15) is 23.7 Å². The summed E-state index contributed by atoms with van der Waals surface area (Å²) in [7, 11) is 0. The molecule has 1 aliphatic heterocycles. The maximum Gasteiger partial charge on any atom is 0.339 e. The molecular formula is C12H15N3O4S. The minimum Gasteiger partial charge on any atom is -0.478 e. The van der Waals surface area contributed by atoms with Gasteiger partial charge >= 0.3 is 5.97 Å². The number of hydrogen-bond acceptors (Lipinski definition) is 6. The van der Waals surface area contributed by atoms with Crippen molar-refractivity contribution in [3.05, 3.63) is 27.9 Å². The zero-order chi connectivity index (χ0) is 14.7. The quantitative estimate of drug-likeness (QED) is 0.670. The zero-order valence-corrected chi connectivity index (χ0v) is 11.8. The minimum absolute atomic E-state index is 0.110. The smallest absolute Gasteiger partial charge is 0.339 e. The van der Waals surface area contributed by atoms with Crippen LogP contribution in [0, 0.1) is 10.1 Å². The molecule has 0 amide bonds. The fourth-order valence-electron chi connectivity index (χ4n) is 2.11. The monoisotopic (exact) mass is 297 g/mol. The third kappa shape index (κ3) is 3.01. The van der Waals surface area contributed by atoms with Crippen molar-refractivity contribution in [1.29, 1.82) is 0 Å². The largest absolute Gasteiger partial charge is 0.478 e. The Kier molecular flexibility index (Phi) is 4.43. The molecule has 0 aliphatic carbocycles. The Bertz CT molecular complexity index is 537. The lowest BCUT2D eigenvalue weighted by atomic mass is 10.2. The molecule has 108 valence electrons. The number of carboxylic acids is 1. The van der Waals surface area contributed by atoms with Crippen LogP contribution in [-0.4, -0.2) is 45.1 Å². The number of pyridine rings is 1. The molecule has 1 fully saturated rings. The van der Waals surface area contributed by atoms with Gasteiger partial charge in [-0.05, 0) is 6.42 Å². The van der Waals surface area contributed by atoms with Crippen molar-refractivity contribution in [2.24, 2.45) is 0 Å². The van der Waals surface area contributed by atoms with Crippen LogP contribution in [0.15, 0.2) is 12.3 Å². The molecule has 0 radical (unpaired) electrons.